The molecule has 0 spiro atoms. The number of hydrogen-bond acceptors (Lipinski definition) is 5. The van der Waals surface area contributed by atoms with Crippen LogP contribution in [0.5, 0.6) is 0 Å². The fourth-order valence-corrected chi connectivity index (χ4v) is 3.34. The lowest BCUT2D eigenvalue weighted by molar-refractivity contribution is -0.159. The zero-order valence-corrected chi connectivity index (χ0v) is 11.7. The predicted octanol–water partition coefficient (Wildman–Crippen LogP) is 1.48. The van der Waals surface area contributed by atoms with Gasteiger partial charge >= 0.3 is 5.97 Å². The predicted molar refractivity (Wildman–Crippen MR) is 75.2 cm³/mol. The number of carbonyl (C=O) groups excluding carboxylic acids is 2. The van der Waals surface area contributed by atoms with Gasteiger partial charge in [0, 0.05) is 10.3 Å². The molecule has 2 aromatic rings. The van der Waals surface area contributed by atoms with Gasteiger partial charge < -0.3 is 9.84 Å². The first-order valence-corrected chi connectivity index (χ1v) is 7.04. The van der Waals surface area contributed by atoms with Gasteiger partial charge in [0.25, 0.3) is 11.8 Å². The third-order valence-electron chi connectivity index (χ3n) is 3.26. The Morgan fingerprint density at radius 1 is 1.24 bits per heavy atom. The summed E-state index contributed by atoms with van der Waals surface area (Å²) in [4.78, 5) is 36.2. The molecule has 0 bridgehead atoms. The molecule has 1 N–H and O–H groups in total. The molecule has 1 aromatic heterocycles. The topological polar surface area (TPSA) is 83.9 Å². The number of morpholine rings is 1. The number of aromatic carboxylic acids is 1. The summed E-state index contributed by atoms with van der Waals surface area (Å²) in [5.41, 5.74) is 0.492. The fraction of sp³-hybridized carbons (Fsp3) is 0.214. The normalized spacial score (nSPS) is 15.7. The molecule has 0 radical (unpaired) electrons. The van der Waals surface area contributed by atoms with Crippen molar-refractivity contribution in [1.82, 2.24) is 4.90 Å². The van der Waals surface area contributed by atoms with Gasteiger partial charge in [-0.15, -0.1) is 11.3 Å². The van der Waals surface area contributed by atoms with E-state index in [-0.39, 0.29) is 24.6 Å². The third kappa shape index (κ3) is 2.41. The van der Waals surface area contributed by atoms with Gasteiger partial charge in [0.2, 0.25) is 0 Å². The molecular weight excluding hydrogens is 294 g/mol. The number of thiophene rings is 1. The molecular formula is C14H11NO5S. The van der Waals surface area contributed by atoms with E-state index in [0.29, 0.717) is 5.56 Å². The summed E-state index contributed by atoms with van der Waals surface area (Å²) < 4.78 is 5.67. The highest BCUT2D eigenvalue weighted by molar-refractivity contribution is 7.21. The lowest BCUT2D eigenvalue weighted by Crippen LogP contribution is -2.45. The Hall–Kier alpha value is -2.25. The van der Waals surface area contributed by atoms with E-state index in [1.807, 2.05) is 12.1 Å². The molecule has 1 aromatic carbocycles. The number of carboxylic acids is 1. The highest BCUT2D eigenvalue weighted by Crippen LogP contribution is 2.32. The summed E-state index contributed by atoms with van der Waals surface area (Å²) in [7, 11) is 0. The van der Waals surface area contributed by atoms with Crippen LogP contribution in [-0.4, -0.2) is 41.0 Å². The molecule has 108 valence electrons. The minimum Gasteiger partial charge on any atom is -0.477 e. The summed E-state index contributed by atoms with van der Waals surface area (Å²) in [5, 5.41) is 10.1. The van der Waals surface area contributed by atoms with Gasteiger partial charge in [0.05, 0.1) is 6.54 Å². The molecule has 2 heterocycles. The SMILES string of the molecule is O=C(O)c1sc2ccccc2c1CN1C(=O)COCC1=O. The smallest absolute Gasteiger partial charge is 0.346 e. The quantitative estimate of drug-likeness (QED) is 0.868. The number of carboxylic acid groups (broad SMARTS) is 1. The first-order chi connectivity index (χ1) is 10.1. The molecule has 1 fully saturated rings. The number of nitrogens with zero attached hydrogens (tertiary/aromatic N) is 1. The molecule has 1 aliphatic heterocycles. The molecule has 7 heteroatoms. The van der Waals surface area contributed by atoms with Crippen LogP contribution in [0, 0.1) is 0 Å². The standard InChI is InChI=1S/C14H11NO5S/c16-11-6-20-7-12(17)15(11)5-9-8-3-1-2-4-10(8)21-13(9)14(18)19/h1-4H,5-7H2,(H,18,19). The molecule has 1 saturated heterocycles. The summed E-state index contributed by atoms with van der Waals surface area (Å²) in [6.45, 7) is -0.348. The average Bonchev–Trinajstić information content (AvgIpc) is 2.82. The van der Waals surface area contributed by atoms with Crippen LogP contribution in [0.1, 0.15) is 15.2 Å². The Bertz CT molecular complexity index is 735. The molecule has 6 nitrogen and oxygen atoms in total. The van der Waals surface area contributed by atoms with Crippen molar-refractivity contribution in [2.24, 2.45) is 0 Å². The summed E-state index contributed by atoms with van der Waals surface area (Å²) in [6, 6.07) is 7.23. The van der Waals surface area contributed by atoms with Crippen LogP contribution in [-0.2, 0) is 20.9 Å². The largest absolute Gasteiger partial charge is 0.477 e. The van der Waals surface area contributed by atoms with E-state index in [9.17, 15) is 19.5 Å². The van der Waals surface area contributed by atoms with Crippen molar-refractivity contribution in [3.63, 3.8) is 0 Å². The molecule has 1 aliphatic rings. The second-order valence-corrected chi connectivity index (χ2v) is 5.63. The molecule has 2 amide bonds. The van der Waals surface area contributed by atoms with Gasteiger partial charge in [-0.3, -0.25) is 14.5 Å². The summed E-state index contributed by atoms with van der Waals surface area (Å²) in [6.07, 6.45) is 0. The van der Waals surface area contributed by atoms with Crippen LogP contribution in [0.4, 0.5) is 0 Å². The van der Waals surface area contributed by atoms with Crippen molar-refractivity contribution in [3.8, 4) is 0 Å². The number of carbonyl (C=O) groups is 3. The molecule has 21 heavy (non-hydrogen) atoms. The van der Waals surface area contributed by atoms with E-state index in [1.54, 1.807) is 12.1 Å². The van der Waals surface area contributed by atoms with Gasteiger partial charge in [0.1, 0.15) is 18.1 Å². The van der Waals surface area contributed by atoms with Crippen molar-refractivity contribution in [2.75, 3.05) is 13.2 Å². The average molecular weight is 305 g/mol. The first-order valence-electron chi connectivity index (χ1n) is 6.22. The number of benzene rings is 1. The minimum absolute atomic E-state index is 0.0350. The third-order valence-corrected chi connectivity index (χ3v) is 4.46. The number of hydrogen-bond donors (Lipinski definition) is 1. The maximum Gasteiger partial charge on any atom is 0.346 e. The summed E-state index contributed by atoms with van der Waals surface area (Å²) >= 11 is 1.14. The maximum absolute atomic E-state index is 11.8. The van der Waals surface area contributed by atoms with E-state index in [1.165, 1.54) is 0 Å². The van der Waals surface area contributed by atoms with Crippen LogP contribution < -0.4 is 0 Å². The van der Waals surface area contributed by atoms with Crippen molar-refractivity contribution < 1.29 is 24.2 Å². The lowest BCUT2D eigenvalue weighted by Gasteiger charge is -2.25. The maximum atomic E-state index is 11.8. The number of ether oxygens (including phenoxy) is 1. The van der Waals surface area contributed by atoms with Crippen LogP contribution >= 0.6 is 11.3 Å². The Kier molecular flexibility index (Phi) is 3.44. The van der Waals surface area contributed by atoms with Crippen LogP contribution in [0.15, 0.2) is 24.3 Å². The Balaban J connectivity index is 2.06. The van der Waals surface area contributed by atoms with E-state index in [0.717, 1.165) is 26.3 Å². The number of imide groups is 1. The second-order valence-electron chi connectivity index (χ2n) is 4.58. The fourth-order valence-electron chi connectivity index (χ4n) is 2.28. The Morgan fingerprint density at radius 2 is 1.90 bits per heavy atom. The van der Waals surface area contributed by atoms with Gasteiger partial charge in [-0.25, -0.2) is 4.79 Å². The van der Waals surface area contributed by atoms with Crippen LogP contribution in [0.25, 0.3) is 10.1 Å². The molecule has 0 unspecified atom stereocenters. The van der Waals surface area contributed by atoms with E-state index < -0.39 is 17.8 Å². The van der Waals surface area contributed by atoms with Crippen LogP contribution in [0.2, 0.25) is 0 Å². The van der Waals surface area contributed by atoms with Crippen molar-refractivity contribution >= 4 is 39.2 Å². The highest BCUT2D eigenvalue weighted by Gasteiger charge is 2.29. The van der Waals surface area contributed by atoms with Gasteiger partial charge in [-0.1, -0.05) is 18.2 Å². The van der Waals surface area contributed by atoms with Crippen molar-refractivity contribution in [1.29, 1.82) is 0 Å². The second kappa shape index (κ2) is 5.27. The zero-order chi connectivity index (χ0) is 15.0. The van der Waals surface area contributed by atoms with Crippen molar-refractivity contribution in [2.45, 2.75) is 6.54 Å². The monoisotopic (exact) mass is 305 g/mol. The number of amides is 2. The van der Waals surface area contributed by atoms with E-state index in [4.69, 9.17) is 4.74 Å². The minimum atomic E-state index is -1.06. The molecule has 3 rings (SSSR count). The lowest BCUT2D eigenvalue weighted by atomic mass is 10.1. The number of rotatable bonds is 3. The van der Waals surface area contributed by atoms with Gasteiger partial charge in [-0.05, 0) is 11.5 Å². The Morgan fingerprint density at radius 3 is 2.57 bits per heavy atom. The Labute approximate surface area is 123 Å². The van der Waals surface area contributed by atoms with E-state index >= 15 is 0 Å². The van der Waals surface area contributed by atoms with Gasteiger partial charge in [0.15, 0.2) is 0 Å². The van der Waals surface area contributed by atoms with Crippen LogP contribution in [0.3, 0.4) is 0 Å². The summed E-state index contributed by atoms with van der Waals surface area (Å²) in [5.74, 6) is -1.95. The first kappa shape index (κ1) is 13.7. The number of fused-ring (bicyclic) bond motifs is 1. The highest BCUT2D eigenvalue weighted by atomic mass is 32.1. The van der Waals surface area contributed by atoms with Crippen molar-refractivity contribution in [3.05, 3.63) is 34.7 Å². The molecule has 0 aliphatic carbocycles. The molecule has 0 saturated carbocycles. The zero-order valence-electron chi connectivity index (χ0n) is 10.9. The molecule has 0 atom stereocenters. The van der Waals surface area contributed by atoms with Gasteiger partial charge in [-0.2, -0.15) is 0 Å². The van der Waals surface area contributed by atoms with E-state index in [2.05, 4.69) is 0 Å².